The van der Waals surface area contributed by atoms with Crippen molar-refractivity contribution in [2.45, 2.75) is 154 Å². The van der Waals surface area contributed by atoms with Crippen LogP contribution in [0, 0.1) is 5.92 Å². The number of unbranched alkanes of at least 4 members (excludes halogenated alkanes) is 17. The maximum Gasteiger partial charge on any atom is 0.472 e. The Balaban J connectivity index is 4.05. The van der Waals surface area contributed by atoms with Crippen LogP contribution in [0.3, 0.4) is 0 Å². The average molecular weight is 639 g/mol. The van der Waals surface area contributed by atoms with Gasteiger partial charge in [-0.15, -0.1) is 0 Å². The molecule has 4 atom stereocenters. The Morgan fingerprint density at radius 2 is 1.16 bits per heavy atom. The van der Waals surface area contributed by atoms with E-state index in [0.717, 1.165) is 19.3 Å². The van der Waals surface area contributed by atoms with Crippen LogP contribution in [0.15, 0.2) is 0 Å². The summed E-state index contributed by atoms with van der Waals surface area (Å²) in [7, 11) is 1.52. The lowest BCUT2D eigenvalue weighted by atomic mass is 9.94. The molecule has 0 radical (unpaired) electrons. The van der Waals surface area contributed by atoms with Gasteiger partial charge < -0.3 is 24.3 Å². The Hall–Kier alpha value is -0.540. The van der Waals surface area contributed by atoms with Crippen molar-refractivity contribution >= 4 is 13.8 Å². The second-order valence-electron chi connectivity index (χ2n) is 13.3. The maximum atomic E-state index is 12.1. The summed E-state index contributed by atoms with van der Waals surface area (Å²) in [4.78, 5) is 21.6. The van der Waals surface area contributed by atoms with Crippen LogP contribution >= 0.6 is 7.82 Å². The molecule has 3 unspecified atom stereocenters. The molecule has 9 nitrogen and oxygen atoms in total. The molecule has 0 saturated heterocycles. The molecule has 0 saturated carbocycles. The van der Waals surface area contributed by atoms with Crippen molar-refractivity contribution in [2.75, 3.05) is 47.5 Å². The van der Waals surface area contributed by atoms with E-state index in [0.29, 0.717) is 23.9 Å². The smallest absolute Gasteiger partial charge is 0.472 e. The lowest BCUT2D eigenvalue weighted by Gasteiger charge is -2.25. The summed E-state index contributed by atoms with van der Waals surface area (Å²) in [6.45, 7) is 4.04. The van der Waals surface area contributed by atoms with Crippen LogP contribution < -0.4 is 0 Å². The number of aliphatic hydroxyl groups excluding tert-OH is 1. The molecule has 0 aliphatic carbocycles. The Morgan fingerprint density at radius 3 is 1.56 bits per heavy atom. The van der Waals surface area contributed by atoms with Gasteiger partial charge in [-0.3, -0.25) is 13.8 Å². The molecular formula is C33H69NO8P+. The molecule has 0 fully saturated rings. The Kier molecular flexibility index (Phi) is 26.3. The van der Waals surface area contributed by atoms with Gasteiger partial charge in [0.15, 0.2) is 0 Å². The van der Waals surface area contributed by atoms with E-state index in [2.05, 4.69) is 6.92 Å². The van der Waals surface area contributed by atoms with E-state index >= 15 is 0 Å². The van der Waals surface area contributed by atoms with Crippen molar-refractivity contribution in [2.24, 2.45) is 5.92 Å². The number of aliphatic hydroxyl groups is 1. The number of carboxylic acids is 1. The maximum absolute atomic E-state index is 12.1. The van der Waals surface area contributed by atoms with E-state index in [9.17, 15) is 24.5 Å². The van der Waals surface area contributed by atoms with Crippen LogP contribution in [0.4, 0.5) is 0 Å². The van der Waals surface area contributed by atoms with Gasteiger partial charge in [-0.25, -0.2) is 4.57 Å². The van der Waals surface area contributed by atoms with Gasteiger partial charge in [0.05, 0.1) is 46.4 Å². The van der Waals surface area contributed by atoms with Crippen LogP contribution in [-0.4, -0.2) is 85.3 Å². The number of carboxylic acid groups (broad SMARTS) is 1. The molecule has 0 bridgehead atoms. The monoisotopic (exact) mass is 638 g/mol. The number of hydrogen-bond donors (Lipinski definition) is 3. The summed E-state index contributed by atoms with van der Waals surface area (Å²) >= 11 is 0. The second kappa shape index (κ2) is 26.7. The highest BCUT2D eigenvalue weighted by Gasteiger charge is 2.29. The third-order valence-electron chi connectivity index (χ3n) is 8.00. The third-order valence-corrected chi connectivity index (χ3v) is 8.98. The molecule has 0 amide bonds. The first-order chi connectivity index (χ1) is 20.4. The molecule has 3 N–H and O–H groups in total. The van der Waals surface area contributed by atoms with E-state index in [-0.39, 0.29) is 13.2 Å². The van der Waals surface area contributed by atoms with Gasteiger partial charge in [0.25, 0.3) is 0 Å². The molecule has 10 heteroatoms. The minimum atomic E-state index is -4.29. The van der Waals surface area contributed by atoms with Crippen LogP contribution in [0.2, 0.25) is 0 Å². The third kappa shape index (κ3) is 27.5. The lowest BCUT2D eigenvalue weighted by molar-refractivity contribution is -0.870. The largest absolute Gasteiger partial charge is 0.481 e. The number of hydrogen-bond acceptors (Lipinski definition) is 6. The predicted octanol–water partition coefficient (Wildman–Crippen LogP) is 8.11. The molecule has 43 heavy (non-hydrogen) atoms. The van der Waals surface area contributed by atoms with Crippen molar-refractivity contribution in [1.29, 1.82) is 0 Å². The van der Waals surface area contributed by atoms with Crippen LogP contribution in [0.5, 0.6) is 0 Å². The van der Waals surface area contributed by atoms with E-state index in [1.54, 1.807) is 0 Å². The molecule has 0 aromatic rings. The normalized spacial score (nSPS) is 15.7. The lowest BCUT2D eigenvalue weighted by Crippen LogP contribution is -2.37. The first-order valence-electron chi connectivity index (χ1n) is 17.4. The summed E-state index contributed by atoms with van der Waals surface area (Å²) in [5, 5.41) is 19.9. The van der Waals surface area contributed by atoms with Gasteiger partial charge >= 0.3 is 13.8 Å². The highest BCUT2D eigenvalue weighted by Crippen LogP contribution is 2.43. The topological polar surface area (TPSA) is 123 Å². The highest BCUT2D eigenvalue weighted by molar-refractivity contribution is 7.47. The highest BCUT2D eigenvalue weighted by atomic mass is 31.2. The summed E-state index contributed by atoms with van der Waals surface area (Å²) < 4.78 is 28.3. The number of likely N-dealkylation sites (N-methyl/N-ethyl adjacent to an activating group) is 1. The zero-order valence-corrected chi connectivity index (χ0v) is 29.4. The van der Waals surface area contributed by atoms with Gasteiger partial charge in [-0.2, -0.15) is 0 Å². The first-order valence-corrected chi connectivity index (χ1v) is 18.9. The standard InChI is InChI=1S/C33H68NO8P/c1-6-8-9-10-11-12-13-14-15-16-17-18-19-20-21-22-23-24-25-32(31(7-2)33(36)37)40-28-30(35)29-42-43(38,39)41-27-26-34(3,4)5/h30-32,35H,6-29H2,1-5H3,(H-,36,37,38,39)/p+1/t30?,31-,32?/m0/s1. The zero-order valence-electron chi connectivity index (χ0n) is 28.5. The van der Waals surface area contributed by atoms with Gasteiger partial charge in [-0.1, -0.05) is 129 Å². The Morgan fingerprint density at radius 1 is 0.721 bits per heavy atom. The van der Waals surface area contributed by atoms with Crippen molar-refractivity contribution < 1.29 is 42.7 Å². The minimum Gasteiger partial charge on any atom is -0.481 e. The van der Waals surface area contributed by atoms with Gasteiger partial charge in [0.2, 0.25) is 0 Å². The number of nitrogens with zero attached hydrogens (tertiary/aromatic N) is 1. The number of carbonyl (C=O) groups is 1. The Bertz CT molecular complexity index is 703. The molecule has 0 aromatic carbocycles. The number of rotatable bonds is 32. The number of phosphoric ester groups is 1. The molecule has 0 heterocycles. The summed E-state index contributed by atoms with van der Waals surface area (Å²) in [5.74, 6) is -1.58. The van der Waals surface area contributed by atoms with Gasteiger partial charge in [-0.05, 0) is 12.8 Å². The molecule has 0 rings (SSSR count). The SMILES string of the molecule is CCCCCCCCCCCCCCCCCCCCC(OCC(O)COP(=O)(O)OCC[N+](C)(C)C)[C@H](CC)C(=O)O. The average Bonchev–Trinajstić information content (AvgIpc) is 2.93. The summed E-state index contributed by atoms with van der Waals surface area (Å²) in [5.41, 5.74) is 0. The number of ether oxygens (including phenoxy) is 1. The van der Waals surface area contributed by atoms with Crippen LogP contribution in [0.25, 0.3) is 0 Å². The summed E-state index contributed by atoms with van der Waals surface area (Å²) in [6.07, 6.45) is 22.7. The number of aliphatic carboxylic acids is 1. The zero-order chi connectivity index (χ0) is 32.4. The van der Waals surface area contributed by atoms with Crippen molar-refractivity contribution in [3.63, 3.8) is 0 Å². The first kappa shape index (κ1) is 42.5. The quantitative estimate of drug-likeness (QED) is 0.0384. The van der Waals surface area contributed by atoms with Gasteiger partial charge in [0, 0.05) is 0 Å². The van der Waals surface area contributed by atoms with Crippen molar-refractivity contribution in [1.82, 2.24) is 0 Å². The molecule has 0 aliphatic heterocycles. The fourth-order valence-corrected chi connectivity index (χ4v) is 5.92. The molecule has 0 aliphatic rings. The van der Waals surface area contributed by atoms with Crippen molar-refractivity contribution in [3.05, 3.63) is 0 Å². The Labute approximate surface area is 264 Å². The predicted molar refractivity (Wildman–Crippen MR) is 175 cm³/mol. The molecule has 0 aromatic heterocycles. The van der Waals surface area contributed by atoms with E-state index in [1.807, 2.05) is 28.1 Å². The molecular weight excluding hydrogens is 569 g/mol. The van der Waals surface area contributed by atoms with Crippen LogP contribution in [-0.2, 0) is 23.1 Å². The number of quaternary nitrogens is 1. The fourth-order valence-electron chi connectivity index (χ4n) is 5.17. The van der Waals surface area contributed by atoms with E-state index in [4.69, 9.17) is 13.8 Å². The van der Waals surface area contributed by atoms with Crippen LogP contribution in [0.1, 0.15) is 142 Å². The van der Waals surface area contributed by atoms with E-state index < -0.39 is 38.5 Å². The second-order valence-corrected chi connectivity index (χ2v) is 14.7. The summed E-state index contributed by atoms with van der Waals surface area (Å²) in [6, 6.07) is 0. The van der Waals surface area contributed by atoms with E-state index in [1.165, 1.54) is 96.3 Å². The molecule has 258 valence electrons. The minimum absolute atomic E-state index is 0.0438. The van der Waals surface area contributed by atoms with Gasteiger partial charge in [0.1, 0.15) is 19.3 Å². The molecule has 0 spiro atoms. The van der Waals surface area contributed by atoms with Crippen molar-refractivity contribution in [3.8, 4) is 0 Å². The fraction of sp³-hybridized carbons (Fsp3) is 0.970. The number of phosphoric acid groups is 1.